The minimum absolute atomic E-state index is 0.00609. The first-order chi connectivity index (χ1) is 12.2. The van der Waals surface area contributed by atoms with E-state index in [2.05, 4.69) is 31.3 Å². The number of carbonyl (C=O) groups is 1. The minimum Gasteiger partial charge on any atom is -0.446 e. The number of rotatable bonds is 9. The third kappa shape index (κ3) is 7.22. The summed E-state index contributed by atoms with van der Waals surface area (Å²) in [7, 11) is 0. The smallest absolute Gasteiger partial charge is 0.411 e. The molecular formula is C21H27NO2S. The van der Waals surface area contributed by atoms with E-state index in [4.69, 9.17) is 4.74 Å². The molecule has 1 atom stereocenters. The molecule has 134 valence electrons. The molecule has 0 aliphatic rings. The van der Waals surface area contributed by atoms with Crippen LogP contribution in [0.1, 0.15) is 46.0 Å². The molecule has 2 rings (SSSR count). The van der Waals surface area contributed by atoms with Crippen molar-refractivity contribution in [3.63, 3.8) is 0 Å². The number of hydrogen-bond donors (Lipinski definition) is 1. The second kappa shape index (κ2) is 10.8. The fourth-order valence-corrected chi connectivity index (χ4v) is 3.43. The van der Waals surface area contributed by atoms with Crippen LogP contribution in [0.15, 0.2) is 64.4 Å². The molecule has 4 heteroatoms. The molecule has 0 aromatic heterocycles. The van der Waals surface area contributed by atoms with Crippen LogP contribution in [0.4, 0.5) is 10.5 Å². The van der Waals surface area contributed by atoms with Crippen LogP contribution in [0, 0.1) is 0 Å². The van der Waals surface area contributed by atoms with E-state index in [0.29, 0.717) is 0 Å². The topological polar surface area (TPSA) is 38.3 Å². The van der Waals surface area contributed by atoms with E-state index in [0.717, 1.165) is 29.8 Å². The minimum atomic E-state index is -0.370. The Balaban J connectivity index is 1.88. The van der Waals surface area contributed by atoms with Gasteiger partial charge in [-0.1, -0.05) is 62.7 Å². The fourth-order valence-electron chi connectivity index (χ4n) is 2.53. The molecule has 25 heavy (non-hydrogen) atoms. The van der Waals surface area contributed by atoms with Crippen molar-refractivity contribution in [1.29, 1.82) is 0 Å². The van der Waals surface area contributed by atoms with Gasteiger partial charge in [-0.3, -0.25) is 5.32 Å². The zero-order valence-corrected chi connectivity index (χ0v) is 15.9. The van der Waals surface area contributed by atoms with Crippen LogP contribution in [0.5, 0.6) is 0 Å². The highest BCUT2D eigenvalue weighted by molar-refractivity contribution is 7.99. The highest BCUT2D eigenvalue weighted by Crippen LogP contribution is 2.29. The van der Waals surface area contributed by atoms with Crippen LogP contribution in [0.3, 0.4) is 0 Å². The van der Waals surface area contributed by atoms with E-state index in [1.54, 1.807) is 11.8 Å². The number of ether oxygens (including phenoxy) is 1. The van der Waals surface area contributed by atoms with Gasteiger partial charge < -0.3 is 4.74 Å². The average molecular weight is 358 g/mol. The molecule has 0 saturated carbocycles. The maximum Gasteiger partial charge on any atom is 0.411 e. The monoisotopic (exact) mass is 357 g/mol. The largest absolute Gasteiger partial charge is 0.446 e. The first kappa shape index (κ1) is 19.4. The first-order valence-corrected chi connectivity index (χ1v) is 9.83. The van der Waals surface area contributed by atoms with Crippen LogP contribution in [0.2, 0.25) is 0 Å². The number of unbranched alkanes of at least 4 members (excludes halogenated alkanes) is 2. The molecule has 0 saturated heterocycles. The SMILES string of the molecule is CCCCCC(CC)OC(=O)Nc1cccc(Sc2ccccc2)c1. The summed E-state index contributed by atoms with van der Waals surface area (Å²) in [5.74, 6) is 0. The first-order valence-electron chi connectivity index (χ1n) is 9.01. The summed E-state index contributed by atoms with van der Waals surface area (Å²) < 4.78 is 5.55. The van der Waals surface area contributed by atoms with Crippen molar-refractivity contribution in [2.75, 3.05) is 5.32 Å². The van der Waals surface area contributed by atoms with E-state index in [1.807, 2.05) is 42.5 Å². The Hall–Kier alpha value is -1.94. The predicted molar refractivity (Wildman–Crippen MR) is 105 cm³/mol. The third-order valence-corrected chi connectivity index (χ3v) is 4.92. The summed E-state index contributed by atoms with van der Waals surface area (Å²) in [4.78, 5) is 14.4. The molecule has 0 aliphatic carbocycles. The summed E-state index contributed by atoms with van der Waals surface area (Å²) in [6.07, 6.45) is 4.86. The van der Waals surface area contributed by atoms with Gasteiger partial charge in [-0.2, -0.15) is 0 Å². The van der Waals surface area contributed by atoms with Crippen LogP contribution in [-0.2, 0) is 4.74 Å². The van der Waals surface area contributed by atoms with Gasteiger partial charge in [-0.05, 0) is 49.6 Å². The number of hydrogen-bond acceptors (Lipinski definition) is 3. The zero-order valence-electron chi connectivity index (χ0n) is 15.0. The quantitative estimate of drug-likeness (QED) is 0.505. The van der Waals surface area contributed by atoms with Crippen LogP contribution < -0.4 is 5.32 Å². The molecule has 1 N–H and O–H groups in total. The van der Waals surface area contributed by atoms with Gasteiger partial charge in [0.15, 0.2) is 0 Å². The lowest BCUT2D eigenvalue weighted by atomic mass is 10.1. The van der Waals surface area contributed by atoms with Gasteiger partial charge in [-0.25, -0.2) is 4.79 Å². The lowest BCUT2D eigenvalue weighted by molar-refractivity contribution is 0.101. The fraction of sp³-hybridized carbons (Fsp3) is 0.381. The second-order valence-electron chi connectivity index (χ2n) is 6.00. The number of amides is 1. The molecule has 3 nitrogen and oxygen atoms in total. The van der Waals surface area contributed by atoms with Crippen molar-refractivity contribution in [2.24, 2.45) is 0 Å². The molecule has 0 bridgehead atoms. The molecule has 0 heterocycles. The molecule has 2 aromatic carbocycles. The summed E-state index contributed by atoms with van der Waals surface area (Å²) in [5, 5.41) is 2.85. The summed E-state index contributed by atoms with van der Waals surface area (Å²) in [6.45, 7) is 4.23. The van der Waals surface area contributed by atoms with Gasteiger partial charge in [0.25, 0.3) is 0 Å². The van der Waals surface area contributed by atoms with Crippen molar-refractivity contribution in [1.82, 2.24) is 0 Å². The van der Waals surface area contributed by atoms with Gasteiger partial charge in [0.1, 0.15) is 6.10 Å². The van der Waals surface area contributed by atoms with Crippen molar-refractivity contribution < 1.29 is 9.53 Å². The van der Waals surface area contributed by atoms with Crippen LogP contribution in [-0.4, -0.2) is 12.2 Å². The summed E-state index contributed by atoms with van der Waals surface area (Å²) >= 11 is 1.67. The standard InChI is InChI=1S/C21H27NO2S/c1-3-5-7-12-18(4-2)24-21(23)22-17-11-10-15-20(16-17)25-19-13-8-6-9-14-19/h6,8-11,13-16,18H,3-5,7,12H2,1-2H3,(H,22,23). The lowest BCUT2D eigenvalue weighted by Gasteiger charge is -2.16. The van der Waals surface area contributed by atoms with E-state index in [1.165, 1.54) is 17.7 Å². The summed E-state index contributed by atoms with van der Waals surface area (Å²) in [5.41, 5.74) is 0.759. The van der Waals surface area contributed by atoms with Crippen molar-refractivity contribution in [2.45, 2.75) is 61.8 Å². The molecule has 1 unspecified atom stereocenters. The molecule has 2 aromatic rings. The maximum atomic E-state index is 12.1. The van der Waals surface area contributed by atoms with Crippen molar-refractivity contribution in [3.8, 4) is 0 Å². The molecule has 1 amide bonds. The van der Waals surface area contributed by atoms with Gasteiger partial charge in [0.05, 0.1) is 0 Å². The number of anilines is 1. The Labute approximate surface area is 155 Å². The van der Waals surface area contributed by atoms with E-state index >= 15 is 0 Å². The van der Waals surface area contributed by atoms with Gasteiger partial charge in [0, 0.05) is 15.5 Å². The van der Waals surface area contributed by atoms with Gasteiger partial charge in [0.2, 0.25) is 0 Å². The highest BCUT2D eigenvalue weighted by Gasteiger charge is 2.12. The van der Waals surface area contributed by atoms with Crippen molar-refractivity contribution >= 4 is 23.5 Å². The van der Waals surface area contributed by atoms with Crippen LogP contribution >= 0.6 is 11.8 Å². The number of carbonyl (C=O) groups excluding carboxylic acids is 1. The predicted octanol–water partition coefficient (Wildman–Crippen LogP) is 6.75. The van der Waals surface area contributed by atoms with Crippen molar-refractivity contribution in [3.05, 3.63) is 54.6 Å². The third-order valence-electron chi connectivity index (χ3n) is 3.92. The zero-order chi connectivity index (χ0) is 17.9. The molecule has 0 fully saturated rings. The Kier molecular flexibility index (Phi) is 8.40. The van der Waals surface area contributed by atoms with Gasteiger partial charge in [-0.15, -0.1) is 0 Å². The molecule has 0 aliphatic heterocycles. The lowest BCUT2D eigenvalue weighted by Crippen LogP contribution is -2.22. The normalized spacial score (nSPS) is 11.8. The Morgan fingerprint density at radius 2 is 1.80 bits per heavy atom. The van der Waals surface area contributed by atoms with Gasteiger partial charge >= 0.3 is 6.09 Å². The Morgan fingerprint density at radius 3 is 2.52 bits per heavy atom. The van der Waals surface area contributed by atoms with E-state index < -0.39 is 0 Å². The van der Waals surface area contributed by atoms with E-state index in [9.17, 15) is 4.79 Å². The maximum absolute atomic E-state index is 12.1. The average Bonchev–Trinajstić information content (AvgIpc) is 2.62. The number of benzene rings is 2. The van der Waals surface area contributed by atoms with Crippen LogP contribution in [0.25, 0.3) is 0 Å². The second-order valence-corrected chi connectivity index (χ2v) is 7.15. The molecule has 0 spiro atoms. The Morgan fingerprint density at radius 1 is 1.04 bits per heavy atom. The Bertz CT molecular complexity index is 645. The highest BCUT2D eigenvalue weighted by atomic mass is 32.2. The summed E-state index contributed by atoms with van der Waals surface area (Å²) in [6, 6.07) is 18.0. The number of nitrogens with one attached hydrogen (secondary N) is 1. The molecular weight excluding hydrogens is 330 g/mol. The van der Waals surface area contributed by atoms with E-state index in [-0.39, 0.29) is 12.2 Å². The molecule has 0 radical (unpaired) electrons.